The molecule has 0 aliphatic carbocycles. The summed E-state index contributed by atoms with van der Waals surface area (Å²) in [6.07, 6.45) is 4.24. The minimum Gasteiger partial charge on any atom is -0.338 e. The number of nitrogens with one attached hydrogen (secondary N) is 1. The highest BCUT2D eigenvalue weighted by Crippen LogP contribution is 2.39. The lowest BCUT2D eigenvalue weighted by atomic mass is 9.72. The fraction of sp³-hybridized carbons (Fsp3) is 0.562. The fourth-order valence-electron chi connectivity index (χ4n) is 3.50. The van der Waals surface area contributed by atoms with Crippen LogP contribution in [0.5, 0.6) is 0 Å². The smallest absolute Gasteiger partial charge is 0.229 e. The third kappa shape index (κ3) is 2.72. The predicted molar refractivity (Wildman–Crippen MR) is 88.3 cm³/mol. The van der Waals surface area contributed by atoms with Crippen molar-refractivity contribution in [3.63, 3.8) is 0 Å². The minimum atomic E-state index is -0.0658. The number of hydrogen-bond donors (Lipinski definition) is 1. The highest BCUT2D eigenvalue weighted by molar-refractivity contribution is 14.1. The molecule has 0 unspecified atom stereocenters. The number of nitrogens with zero attached hydrogens (tertiary/aromatic N) is 1. The van der Waals surface area contributed by atoms with E-state index in [0.29, 0.717) is 5.91 Å². The molecule has 1 N–H and O–H groups in total. The van der Waals surface area contributed by atoms with Gasteiger partial charge in [-0.2, -0.15) is 0 Å². The Balaban J connectivity index is 1.77. The summed E-state index contributed by atoms with van der Waals surface area (Å²) in [5.74, 6) is 0.393. The van der Waals surface area contributed by atoms with Gasteiger partial charge in [-0.15, -0.1) is 0 Å². The predicted octanol–water partition coefficient (Wildman–Crippen LogP) is 2.78. The Morgan fingerprint density at radius 1 is 1.20 bits per heavy atom. The first-order valence-corrected chi connectivity index (χ1v) is 8.53. The number of piperidine rings is 2. The summed E-state index contributed by atoms with van der Waals surface area (Å²) in [5.41, 5.74) is 1.21. The molecular formula is C16H21IN2O. The molecule has 108 valence electrons. The zero-order chi connectivity index (χ0) is 14.0. The van der Waals surface area contributed by atoms with Crippen LogP contribution in [-0.2, 0) is 11.3 Å². The van der Waals surface area contributed by atoms with Crippen LogP contribution in [0.4, 0.5) is 0 Å². The van der Waals surface area contributed by atoms with Crippen molar-refractivity contribution in [1.82, 2.24) is 10.2 Å². The van der Waals surface area contributed by atoms with Crippen LogP contribution in [0.1, 0.15) is 31.2 Å². The number of carbonyl (C=O) groups excluding carboxylic acids is 1. The lowest BCUT2D eigenvalue weighted by Crippen LogP contribution is -2.52. The summed E-state index contributed by atoms with van der Waals surface area (Å²) in [6, 6.07) is 8.37. The van der Waals surface area contributed by atoms with Crippen molar-refractivity contribution in [3.05, 3.63) is 33.4 Å². The Hall–Kier alpha value is -0.620. The number of hydrogen-bond acceptors (Lipinski definition) is 2. The van der Waals surface area contributed by atoms with Crippen molar-refractivity contribution >= 4 is 28.5 Å². The second-order valence-electron chi connectivity index (χ2n) is 5.95. The van der Waals surface area contributed by atoms with Crippen molar-refractivity contribution in [1.29, 1.82) is 0 Å². The topological polar surface area (TPSA) is 32.3 Å². The van der Waals surface area contributed by atoms with Gasteiger partial charge in [0.05, 0.1) is 5.41 Å². The van der Waals surface area contributed by atoms with Crippen LogP contribution < -0.4 is 5.32 Å². The number of rotatable bonds is 2. The highest BCUT2D eigenvalue weighted by atomic mass is 127. The van der Waals surface area contributed by atoms with Gasteiger partial charge >= 0.3 is 0 Å². The van der Waals surface area contributed by atoms with E-state index in [0.717, 1.165) is 51.9 Å². The van der Waals surface area contributed by atoms with Gasteiger partial charge in [0.25, 0.3) is 0 Å². The Kier molecular flexibility index (Phi) is 4.31. The summed E-state index contributed by atoms with van der Waals surface area (Å²) < 4.78 is 1.25. The van der Waals surface area contributed by atoms with Gasteiger partial charge < -0.3 is 10.2 Å². The molecular weight excluding hydrogens is 363 g/mol. The van der Waals surface area contributed by atoms with E-state index in [-0.39, 0.29) is 5.41 Å². The van der Waals surface area contributed by atoms with Gasteiger partial charge in [0, 0.05) is 16.7 Å². The molecule has 2 fully saturated rings. The maximum absolute atomic E-state index is 12.9. The number of likely N-dealkylation sites (tertiary alicyclic amines) is 1. The Labute approximate surface area is 134 Å². The molecule has 2 aliphatic rings. The molecule has 0 atom stereocenters. The van der Waals surface area contributed by atoms with E-state index in [4.69, 9.17) is 0 Å². The monoisotopic (exact) mass is 384 g/mol. The first-order chi connectivity index (χ1) is 9.71. The summed E-state index contributed by atoms with van der Waals surface area (Å²) in [5, 5.41) is 3.38. The molecule has 3 rings (SSSR count). The molecule has 4 heteroatoms. The first kappa shape index (κ1) is 14.3. The SMILES string of the molecule is O=C1N(Cc2ccccc2I)CCCC12CCNCC2. The van der Waals surface area contributed by atoms with Gasteiger partial charge in [-0.05, 0) is 73.0 Å². The second kappa shape index (κ2) is 6.02. The van der Waals surface area contributed by atoms with Crippen molar-refractivity contribution < 1.29 is 4.79 Å². The second-order valence-corrected chi connectivity index (χ2v) is 7.11. The van der Waals surface area contributed by atoms with Crippen LogP contribution in [0.25, 0.3) is 0 Å². The van der Waals surface area contributed by atoms with Crippen molar-refractivity contribution in [2.75, 3.05) is 19.6 Å². The molecule has 1 amide bonds. The molecule has 0 saturated carbocycles. The fourth-order valence-corrected chi connectivity index (χ4v) is 4.06. The molecule has 1 aromatic rings. The van der Waals surface area contributed by atoms with Crippen LogP contribution in [0.2, 0.25) is 0 Å². The van der Waals surface area contributed by atoms with E-state index in [1.165, 1.54) is 9.13 Å². The summed E-state index contributed by atoms with van der Waals surface area (Å²) in [4.78, 5) is 15.0. The average Bonchev–Trinajstić information content (AvgIpc) is 2.47. The van der Waals surface area contributed by atoms with E-state index >= 15 is 0 Å². The highest BCUT2D eigenvalue weighted by Gasteiger charge is 2.44. The number of amides is 1. The van der Waals surface area contributed by atoms with Crippen LogP contribution in [-0.4, -0.2) is 30.4 Å². The van der Waals surface area contributed by atoms with E-state index < -0.39 is 0 Å². The van der Waals surface area contributed by atoms with Gasteiger partial charge in [-0.25, -0.2) is 0 Å². The molecule has 3 nitrogen and oxygen atoms in total. The average molecular weight is 384 g/mol. The van der Waals surface area contributed by atoms with E-state index in [2.05, 4.69) is 57.1 Å². The lowest BCUT2D eigenvalue weighted by molar-refractivity contribution is -0.149. The van der Waals surface area contributed by atoms with Crippen LogP contribution in [0, 0.1) is 8.99 Å². The van der Waals surface area contributed by atoms with Crippen molar-refractivity contribution in [2.24, 2.45) is 5.41 Å². The molecule has 0 bridgehead atoms. The van der Waals surface area contributed by atoms with Gasteiger partial charge in [0.1, 0.15) is 0 Å². The Morgan fingerprint density at radius 2 is 1.95 bits per heavy atom. The number of carbonyl (C=O) groups is 1. The minimum absolute atomic E-state index is 0.0658. The van der Waals surface area contributed by atoms with Gasteiger partial charge in [0.2, 0.25) is 5.91 Å². The van der Waals surface area contributed by atoms with E-state index in [9.17, 15) is 4.79 Å². The number of halogens is 1. The van der Waals surface area contributed by atoms with Crippen molar-refractivity contribution in [3.8, 4) is 0 Å². The maximum atomic E-state index is 12.9. The summed E-state index contributed by atoms with van der Waals surface area (Å²) in [6.45, 7) is 3.66. The molecule has 2 saturated heterocycles. The van der Waals surface area contributed by atoms with E-state index in [1.54, 1.807) is 0 Å². The van der Waals surface area contributed by atoms with Gasteiger partial charge in [-0.1, -0.05) is 18.2 Å². The standard InChI is InChI=1S/C16H21IN2O/c17-14-5-2-1-4-13(14)12-19-11-3-6-16(15(19)20)7-9-18-10-8-16/h1-2,4-5,18H,3,6-12H2. The molecule has 2 heterocycles. The van der Waals surface area contributed by atoms with Gasteiger partial charge in [-0.3, -0.25) is 4.79 Å². The van der Waals surface area contributed by atoms with E-state index in [1.807, 2.05) is 0 Å². The molecule has 1 aromatic carbocycles. The Morgan fingerprint density at radius 3 is 2.70 bits per heavy atom. The summed E-state index contributed by atoms with van der Waals surface area (Å²) in [7, 11) is 0. The van der Waals surface area contributed by atoms with Crippen LogP contribution in [0.15, 0.2) is 24.3 Å². The third-order valence-corrected chi connectivity index (χ3v) is 5.76. The molecule has 2 aliphatic heterocycles. The molecule has 1 spiro atoms. The zero-order valence-corrected chi connectivity index (χ0v) is 13.9. The van der Waals surface area contributed by atoms with Gasteiger partial charge in [0.15, 0.2) is 0 Å². The maximum Gasteiger partial charge on any atom is 0.229 e. The lowest BCUT2D eigenvalue weighted by Gasteiger charge is -2.44. The first-order valence-electron chi connectivity index (χ1n) is 7.45. The molecule has 0 radical (unpaired) electrons. The third-order valence-electron chi connectivity index (χ3n) is 4.70. The molecule has 0 aromatic heterocycles. The zero-order valence-electron chi connectivity index (χ0n) is 11.7. The van der Waals surface area contributed by atoms with Crippen LogP contribution in [0.3, 0.4) is 0 Å². The number of benzene rings is 1. The Bertz CT molecular complexity index is 491. The largest absolute Gasteiger partial charge is 0.338 e. The quantitative estimate of drug-likeness (QED) is 0.796. The van der Waals surface area contributed by atoms with Crippen LogP contribution >= 0.6 is 22.6 Å². The van der Waals surface area contributed by atoms with Crippen molar-refractivity contribution in [2.45, 2.75) is 32.2 Å². The molecule has 20 heavy (non-hydrogen) atoms. The summed E-state index contributed by atoms with van der Waals surface area (Å²) >= 11 is 2.36. The normalized spacial score (nSPS) is 22.2.